The van der Waals surface area contributed by atoms with E-state index < -0.39 is 0 Å². The molecule has 0 spiro atoms. The average molecular weight is 277 g/mol. The van der Waals surface area contributed by atoms with Gasteiger partial charge in [0.15, 0.2) is 0 Å². The molecule has 1 N–H and O–H groups in total. The van der Waals surface area contributed by atoms with Crippen molar-refractivity contribution < 1.29 is 0 Å². The normalized spacial score (nSPS) is 25.1. The van der Waals surface area contributed by atoms with E-state index in [-0.39, 0.29) is 0 Å². The van der Waals surface area contributed by atoms with Gasteiger partial charge in [-0.05, 0) is 69.4 Å². The van der Waals surface area contributed by atoms with Gasteiger partial charge in [0.05, 0.1) is 0 Å². The second-order valence-electron chi connectivity index (χ2n) is 6.80. The number of nitrogens with zero attached hydrogens (tertiary/aromatic N) is 2. The lowest BCUT2D eigenvalue weighted by atomic mass is 9.74. The van der Waals surface area contributed by atoms with E-state index >= 15 is 0 Å². The fraction of sp³-hybridized carbons (Fsp3) is 0.824. The molecule has 2 rings (SSSR count). The molecule has 0 aromatic carbocycles. The number of hydrogen-bond acceptors (Lipinski definition) is 2. The van der Waals surface area contributed by atoms with Crippen LogP contribution in [0.4, 0.5) is 0 Å². The van der Waals surface area contributed by atoms with Gasteiger partial charge in [0.1, 0.15) is 0 Å². The van der Waals surface area contributed by atoms with Crippen molar-refractivity contribution in [2.45, 2.75) is 58.4 Å². The van der Waals surface area contributed by atoms with Gasteiger partial charge >= 0.3 is 0 Å². The van der Waals surface area contributed by atoms with Gasteiger partial charge < -0.3 is 5.32 Å². The molecule has 0 saturated heterocycles. The molecule has 1 unspecified atom stereocenters. The summed E-state index contributed by atoms with van der Waals surface area (Å²) in [6, 6.07) is 2.81. The summed E-state index contributed by atoms with van der Waals surface area (Å²) in [5, 5.41) is 7.83. The summed E-state index contributed by atoms with van der Waals surface area (Å²) < 4.78 is 2.00. The molecule has 1 saturated carbocycles. The summed E-state index contributed by atoms with van der Waals surface area (Å²) in [6.07, 6.45) is 9.91. The molecule has 1 atom stereocenters. The minimum absolute atomic E-state index is 0.665. The second kappa shape index (κ2) is 7.26. The van der Waals surface area contributed by atoms with Crippen molar-refractivity contribution in [1.29, 1.82) is 0 Å². The van der Waals surface area contributed by atoms with Gasteiger partial charge in [-0.1, -0.05) is 13.8 Å². The molecule has 0 aliphatic heterocycles. The zero-order valence-corrected chi connectivity index (χ0v) is 13.6. The van der Waals surface area contributed by atoms with Gasteiger partial charge in [-0.15, -0.1) is 0 Å². The molecule has 1 aliphatic rings. The molecular formula is C17H31N3. The first-order valence-corrected chi connectivity index (χ1v) is 8.26. The molecule has 1 heterocycles. The van der Waals surface area contributed by atoms with E-state index in [1.165, 1.54) is 37.8 Å². The van der Waals surface area contributed by atoms with Gasteiger partial charge in [-0.3, -0.25) is 4.68 Å². The number of aryl methyl sites for hydroxylation is 2. The van der Waals surface area contributed by atoms with Crippen LogP contribution < -0.4 is 5.32 Å². The SMILES string of the molecule is CNC(CCc1ccnn1C)C1CCC(C(C)C)CC1. The lowest BCUT2D eigenvalue weighted by Crippen LogP contribution is -2.37. The predicted octanol–water partition coefficient (Wildman–Crippen LogP) is 3.40. The van der Waals surface area contributed by atoms with Crippen LogP contribution in [0.15, 0.2) is 12.3 Å². The highest BCUT2D eigenvalue weighted by Crippen LogP contribution is 2.35. The average Bonchev–Trinajstić information content (AvgIpc) is 2.85. The Kier molecular flexibility index (Phi) is 5.64. The molecule has 1 aromatic heterocycles. The molecule has 114 valence electrons. The Balaban J connectivity index is 1.82. The van der Waals surface area contributed by atoms with Gasteiger partial charge in [0, 0.05) is 25.0 Å². The molecular weight excluding hydrogens is 246 g/mol. The van der Waals surface area contributed by atoms with Crippen LogP contribution in [0.2, 0.25) is 0 Å². The first-order chi connectivity index (χ1) is 9.61. The van der Waals surface area contributed by atoms with Gasteiger partial charge in [-0.25, -0.2) is 0 Å². The molecule has 1 fully saturated rings. The maximum Gasteiger partial charge on any atom is 0.0492 e. The third-order valence-corrected chi connectivity index (χ3v) is 5.33. The molecule has 1 aliphatic carbocycles. The van der Waals surface area contributed by atoms with Crippen molar-refractivity contribution in [2.75, 3.05) is 7.05 Å². The van der Waals surface area contributed by atoms with Gasteiger partial charge in [0.2, 0.25) is 0 Å². The van der Waals surface area contributed by atoms with Crippen molar-refractivity contribution >= 4 is 0 Å². The van der Waals surface area contributed by atoms with E-state index in [1.807, 2.05) is 17.9 Å². The predicted molar refractivity (Wildman–Crippen MR) is 84.7 cm³/mol. The minimum Gasteiger partial charge on any atom is -0.317 e. The Morgan fingerprint density at radius 1 is 1.25 bits per heavy atom. The van der Waals surface area contributed by atoms with E-state index in [0.717, 1.165) is 24.2 Å². The Hall–Kier alpha value is -0.830. The maximum atomic E-state index is 4.26. The van der Waals surface area contributed by atoms with E-state index in [2.05, 4.69) is 37.4 Å². The highest BCUT2D eigenvalue weighted by molar-refractivity contribution is 5.00. The van der Waals surface area contributed by atoms with Crippen molar-refractivity contribution in [2.24, 2.45) is 24.8 Å². The molecule has 0 radical (unpaired) electrons. The molecule has 1 aromatic rings. The van der Waals surface area contributed by atoms with Crippen LogP contribution in [0.5, 0.6) is 0 Å². The standard InChI is InChI=1S/C17H31N3/c1-13(2)14-5-7-15(8-6-14)17(18-3)10-9-16-11-12-19-20(16)4/h11-15,17-18H,5-10H2,1-4H3. The van der Waals surface area contributed by atoms with Crippen LogP contribution in [-0.4, -0.2) is 22.9 Å². The van der Waals surface area contributed by atoms with Crippen molar-refractivity contribution in [3.05, 3.63) is 18.0 Å². The molecule has 3 nitrogen and oxygen atoms in total. The highest BCUT2D eigenvalue weighted by atomic mass is 15.2. The first-order valence-electron chi connectivity index (χ1n) is 8.26. The van der Waals surface area contributed by atoms with E-state index in [9.17, 15) is 0 Å². The van der Waals surface area contributed by atoms with E-state index in [4.69, 9.17) is 0 Å². The van der Waals surface area contributed by atoms with Gasteiger partial charge in [-0.2, -0.15) is 5.10 Å². The summed E-state index contributed by atoms with van der Waals surface area (Å²) in [7, 11) is 4.17. The zero-order valence-electron chi connectivity index (χ0n) is 13.6. The largest absolute Gasteiger partial charge is 0.317 e. The second-order valence-corrected chi connectivity index (χ2v) is 6.80. The van der Waals surface area contributed by atoms with Crippen LogP contribution in [0.1, 0.15) is 51.6 Å². The third kappa shape index (κ3) is 3.85. The lowest BCUT2D eigenvalue weighted by Gasteiger charge is -2.35. The van der Waals surface area contributed by atoms with E-state index in [1.54, 1.807) is 0 Å². The van der Waals surface area contributed by atoms with Crippen molar-refractivity contribution in [1.82, 2.24) is 15.1 Å². The Morgan fingerprint density at radius 3 is 2.40 bits per heavy atom. The Labute approximate surface area is 124 Å². The van der Waals surface area contributed by atoms with E-state index in [0.29, 0.717) is 6.04 Å². The highest BCUT2D eigenvalue weighted by Gasteiger charge is 2.27. The fourth-order valence-corrected chi connectivity index (χ4v) is 3.78. The molecule has 0 amide bonds. The summed E-state index contributed by atoms with van der Waals surface area (Å²) in [6.45, 7) is 4.76. The quantitative estimate of drug-likeness (QED) is 0.863. The Bertz CT molecular complexity index is 389. The topological polar surface area (TPSA) is 29.9 Å². The van der Waals surface area contributed by atoms with Crippen LogP contribution in [0, 0.1) is 17.8 Å². The number of hydrogen-bond donors (Lipinski definition) is 1. The van der Waals surface area contributed by atoms with Gasteiger partial charge in [0.25, 0.3) is 0 Å². The smallest absolute Gasteiger partial charge is 0.0492 e. The minimum atomic E-state index is 0.665. The molecule has 20 heavy (non-hydrogen) atoms. The lowest BCUT2D eigenvalue weighted by molar-refractivity contribution is 0.187. The molecule has 3 heteroatoms. The first kappa shape index (κ1) is 15.6. The summed E-state index contributed by atoms with van der Waals surface area (Å²) >= 11 is 0. The monoisotopic (exact) mass is 277 g/mol. The summed E-state index contributed by atoms with van der Waals surface area (Å²) in [4.78, 5) is 0. The fourth-order valence-electron chi connectivity index (χ4n) is 3.78. The Morgan fingerprint density at radius 2 is 1.90 bits per heavy atom. The van der Waals surface area contributed by atoms with Crippen LogP contribution >= 0.6 is 0 Å². The zero-order chi connectivity index (χ0) is 14.5. The van der Waals surface area contributed by atoms with Crippen molar-refractivity contribution in [3.8, 4) is 0 Å². The summed E-state index contributed by atoms with van der Waals surface area (Å²) in [5.74, 6) is 2.68. The number of rotatable bonds is 6. The third-order valence-electron chi connectivity index (χ3n) is 5.33. The van der Waals surface area contributed by atoms with Crippen molar-refractivity contribution in [3.63, 3.8) is 0 Å². The molecule has 0 bridgehead atoms. The van der Waals surface area contributed by atoms with Crippen LogP contribution in [0.25, 0.3) is 0 Å². The maximum absolute atomic E-state index is 4.26. The van der Waals surface area contributed by atoms with Crippen LogP contribution in [-0.2, 0) is 13.5 Å². The summed E-state index contributed by atoms with van der Waals surface area (Å²) in [5.41, 5.74) is 1.35. The van der Waals surface area contributed by atoms with Crippen LogP contribution in [0.3, 0.4) is 0 Å². The number of aromatic nitrogens is 2. The number of nitrogens with one attached hydrogen (secondary N) is 1.